The van der Waals surface area contributed by atoms with Gasteiger partial charge in [0.15, 0.2) is 18.7 Å². The second-order valence-corrected chi connectivity index (χ2v) is 16.9. The molecule has 2 unspecified atom stereocenters. The van der Waals surface area contributed by atoms with Crippen LogP contribution in [0.4, 0.5) is 0 Å². The molecule has 2 saturated heterocycles. The number of unbranched alkanes of at least 4 members (excludes halogenated alkanes) is 16. The van der Waals surface area contributed by atoms with Crippen LogP contribution in [0.3, 0.4) is 0 Å². The number of hydrogen-bond donors (Lipinski definition) is 8. The third kappa shape index (κ3) is 19.9. The van der Waals surface area contributed by atoms with Gasteiger partial charge in [-0.15, -0.1) is 0 Å². The summed E-state index contributed by atoms with van der Waals surface area (Å²) >= 11 is 0. The Bertz CT molecular complexity index is 1050. The van der Waals surface area contributed by atoms with Crippen LogP contribution in [0, 0.1) is 11.8 Å². The third-order valence-corrected chi connectivity index (χ3v) is 12.2. The molecule has 14 nitrogen and oxygen atoms in total. The first-order chi connectivity index (χ1) is 28.0. The van der Waals surface area contributed by atoms with E-state index in [1.807, 2.05) is 0 Å². The van der Waals surface area contributed by atoms with Crippen molar-refractivity contribution >= 4 is 11.9 Å². The van der Waals surface area contributed by atoms with Crippen molar-refractivity contribution in [2.24, 2.45) is 11.8 Å². The van der Waals surface area contributed by atoms with Crippen LogP contribution >= 0.6 is 0 Å². The van der Waals surface area contributed by atoms with Gasteiger partial charge in [0.25, 0.3) is 0 Å². The second kappa shape index (κ2) is 31.4. The minimum atomic E-state index is -1.79. The topological polar surface area (TPSA) is 233 Å². The van der Waals surface area contributed by atoms with Gasteiger partial charge >= 0.3 is 11.9 Å². The van der Waals surface area contributed by atoms with E-state index in [-0.39, 0.29) is 12.8 Å². The third-order valence-electron chi connectivity index (χ3n) is 12.2. The molecular formula is C44H82O14. The zero-order chi connectivity index (χ0) is 42.7. The fraction of sp³-hybridized carbons (Fsp3) is 0.955. The number of aliphatic carboxylic acids is 1. The Balaban J connectivity index is 2.01. The van der Waals surface area contributed by atoms with Gasteiger partial charge in [0.2, 0.25) is 0 Å². The van der Waals surface area contributed by atoms with E-state index in [0.29, 0.717) is 24.7 Å². The summed E-state index contributed by atoms with van der Waals surface area (Å²) in [7, 11) is 0. The van der Waals surface area contributed by atoms with Crippen LogP contribution in [0.15, 0.2) is 0 Å². The van der Waals surface area contributed by atoms with Crippen LogP contribution in [0.5, 0.6) is 0 Å². The Morgan fingerprint density at radius 3 is 1.34 bits per heavy atom. The lowest BCUT2D eigenvalue weighted by Gasteiger charge is -2.45. The summed E-state index contributed by atoms with van der Waals surface area (Å²) in [5.41, 5.74) is 0. The average molecular weight is 835 g/mol. The highest BCUT2D eigenvalue weighted by atomic mass is 16.8. The lowest BCUT2D eigenvalue weighted by Crippen LogP contribution is -2.64. The lowest BCUT2D eigenvalue weighted by molar-refractivity contribution is -0.376. The van der Waals surface area contributed by atoms with Crippen LogP contribution in [0.25, 0.3) is 0 Å². The van der Waals surface area contributed by atoms with Crippen molar-refractivity contribution in [2.75, 3.05) is 13.2 Å². The Kier molecular flexibility index (Phi) is 28.5. The normalized spacial score (nSPS) is 28.6. The second-order valence-electron chi connectivity index (χ2n) is 16.9. The maximum Gasteiger partial charge on any atom is 0.306 e. The number of ether oxygens (including phenoxy) is 4. The molecule has 342 valence electrons. The molecule has 58 heavy (non-hydrogen) atoms. The highest BCUT2D eigenvalue weighted by Crippen LogP contribution is 2.34. The molecule has 2 fully saturated rings. The Hall–Kier alpha value is -1.46. The first-order valence-electron chi connectivity index (χ1n) is 23.0. The van der Waals surface area contributed by atoms with Crippen molar-refractivity contribution in [3.8, 4) is 0 Å². The maximum atomic E-state index is 13.1. The van der Waals surface area contributed by atoms with Crippen LogP contribution in [0.2, 0.25) is 0 Å². The number of esters is 1. The van der Waals surface area contributed by atoms with Gasteiger partial charge < -0.3 is 59.8 Å². The largest absolute Gasteiger partial charge is 0.481 e. The average Bonchev–Trinajstić information content (AvgIpc) is 3.21. The molecule has 0 amide bonds. The minimum absolute atomic E-state index is 0.0324. The molecule has 2 heterocycles. The molecule has 0 saturated carbocycles. The molecule has 0 spiro atoms. The molecule has 2 aliphatic heterocycles. The van der Waals surface area contributed by atoms with Crippen molar-refractivity contribution in [1.82, 2.24) is 0 Å². The van der Waals surface area contributed by atoms with Gasteiger partial charge in [0, 0.05) is 12.8 Å². The molecule has 2 rings (SSSR count). The molecule has 0 bridgehead atoms. The van der Waals surface area contributed by atoms with E-state index in [2.05, 4.69) is 13.8 Å². The summed E-state index contributed by atoms with van der Waals surface area (Å²) in [4.78, 5) is 24.4. The number of carbonyl (C=O) groups is 2. The fourth-order valence-corrected chi connectivity index (χ4v) is 8.50. The molecule has 12 atom stereocenters. The van der Waals surface area contributed by atoms with Gasteiger partial charge in [0.05, 0.1) is 13.2 Å². The number of carboxylic acids is 1. The highest BCUT2D eigenvalue weighted by Gasteiger charge is 2.51. The highest BCUT2D eigenvalue weighted by molar-refractivity contribution is 5.69. The Labute approximate surface area is 348 Å². The van der Waals surface area contributed by atoms with E-state index in [9.17, 15) is 50.4 Å². The number of aliphatic hydroxyl groups is 7. The molecule has 8 N–H and O–H groups in total. The standard InChI is InChI=1S/C44H82O14/c1-3-5-7-9-11-13-15-17-23-31(25-19-21-27-35(47)48)32(24-18-16-14-12-10-8-6-4-2)26-20-22-28-36(49)57-42-38(51)34(30-46)56-44(41(42)54)58-43-40(53)39(52)37(50)33(29-45)55-43/h31-34,37-46,50-54H,3-30H2,1-2H3,(H,47,48)/t31?,32?,33-,34+,37-,38+,39+,40-,41+,42-,43-,44+/m0/s1. The summed E-state index contributed by atoms with van der Waals surface area (Å²) in [6.07, 6.45) is 11.2. The van der Waals surface area contributed by atoms with Crippen molar-refractivity contribution in [1.29, 1.82) is 0 Å². The molecule has 0 aliphatic carbocycles. The predicted octanol–water partition coefficient (Wildman–Crippen LogP) is 5.65. The van der Waals surface area contributed by atoms with Gasteiger partial charge in [-0.25, -0.2) is 0 Å². The quantitative estimate of drug-likeness (QED) is 0.0289. The molecule has 0 aromatic carbocycles. The maximum absolute atomic E-state index is 13.1. The smallest absolute Gasteiger partial charge is 0.306 e. The van der Waals surface area contributed by atoms with Crippen molar-refractivity contribution < 1.29 is 69.4 Å². The van der Waals surface area contributed by atoms with Crippen molar-refractivity contribution in [3.63, 3.8) is 0 Å². The summed E-state index contributed by atoms with van der Waals surface area (Å²) in [6, 6.07) is 0. The van der Waals surface area contributed by atoms with E-state index < -0.39 is 86.6 Å². The molecule has 14 heteroatoms. The van der Waals surface area contributed by atoms with Gasteiger partial charge in [-0.2, -0.15) is 0 Å². The monoisotopic (exact) mass is 835 g/mol. The van der Waals surface area contributed by atoms with E-state index in [1.54, 1.807) is 0 Å². The zero-order valence-corrected chi connectivity index (χ0v) is 35.8. The van der Waals surface area contributed by atoms with E-state index in [1.165, 1.54) is 96.3 Å². The first kappa shape index (κ1) is 52.7. The van der Waals surface area contributed by atoms with Crippen molar-refractivity contribution in [2.45, 2.75) is 242 Å². The number of hydrogen-bond acceptors (Lipinski definition) is 13. The summed E-state index contributed by atoms with van der Waals surface area (Å²) in [5.74, 6) is -0.451. The molecule has 2 aliphatic rings. The van der Waals surface area contributed by atoms with E-state index >= 15 is 0 Å². The van der Waals surface area contributed by atoms with Gasteiger partial charge in [0.1, 0.15) is 42.7 Å². The molecule has 0 radical (unpaired) electrons. The summed E-state index contributed by atoms with van der Waals surface area (Å²) in [6.45, 7) is 3.04. The number of carbonyl (C=O) groups excluding carboxylic acids is 1. The first-order valence-corrected chi connectivity index (χ1v) is 23.0. The SMILES string of the molecule is CCCCCCCCCCC(CCCCC(=O)O)C(CCCCCCCCCC)CCCCC(=O)O[C@@H]1[C@@H](O)[C@@H](O[C@@H]2O[C@@H](CO)[C@H](O)[C@@H](O)[C@@H]2O)O[C@H](CO)[C@H]1O. The molecule has 0 aromatic heterocycles. The zero-order valence-electron chi connectivity index (χ0n) is 35.8. The van der Waals surface area contributed by atoms with Crippen LogP contribution in [-0.2, 0) is 28.5 Å². The Morgan fingerprint density at radius 1 is 0.500 bits per heavy atom. The fourth-order valence-electron chi connectivity index (χ4n) is 8.50. The van der Waals surface area contributed by atoms with E-state index in [4.69, 9.17) is 18.9 Å². The van der Waals surface area contributed by atoms with Crippen molar-refractivity contribution in [3.05, 3.63) is 0 Å². The molecular weight excluding hydrogens is 752 g/mol. The van der Waals surface area contributed by atoms with Crippen LogP contribution in [0.1, 0.15) is 181 Å². The predicted molar refractivity (Wildman–Crippen MR) is 218 cm³/mol. The summed E-state index contributed by atoms with van der Waals surface area (Å²) in [5, 5.41) is 81.2. The van der Waals surface area contributed by atoms with Crippen LogP contribution in [-0.4, -0.2) is 127 Å². The number of rotatable bonds is 34. The summed E-state index contributed by atoms with van der Waals surface area (Å²) < 4.78 is 22.0. The van der Waals surface area contributed by atoms with Crippen LogP contribution < -0.4 is 0 Å². The van der Waals surface area contributed by atoms with Gasteiger partial charge in [-0.3, -0.25) is 9.59 Å². The lowest BCUT2D eigenvalue weighted by atomic mass is 9.78. The molecule has 0 aromatic rings. The number of carboxylic acid groups (broad SMARTS) is 1. The van der Waals surface area contributed by atoms with Gasteiger partial charge in [-0.1, -0.05) is 155 Å². The Morgan fingerprint density at radius 2 is 0.897 bits per heavy atom. The van der Waals surface area contributed by atoms with Gasteiger partial charge in [-0.05, 0) is 24.7 Å². The number of aliphatic hydroxyl groups excluding tert-OH is 7. The minimum Gasteiger partial charge on any atom is -0.481 e. The van der Waals surface area contributed by atoms with E-state index in [0.717, 1.165) is 44.9 Å².